The fourth-order valence-electron chi connectivity index (χ4n) is 2.96. The topological polar surface area (TPSA) is 92.3 Å². The number of sulfonamides is 2. The SMILES string of the molecule is O=S(=O)(Nc1cc(Cl)c(Cl)cc1NS(=O)(=O)c1cccc2ccccc12)c1cccs1. The first-order chi connectivity index (χ1) is 14.7. The molecular weight excluding hydrogens is 499 g/mol. The number of rotatable bonds is 6. The number of fused-ring (bicyclic) bond motifs is 1. The molecule has 0 amide bonds. The zero-order valence-electron chi connectivity index (χ0n) is 15.5. The largest absolute Gasteiger partial charge is 0.277 e. The van der Waals surface area contributed by atoms with Crippen molar-refractivity contribution in [3.8, 4) is 0 Å². The number of hydrogen-bond donors (Lipinski definition) is 2. The van der Waals surface area contributed by atoms with Crippen LogP contribution in [0.4, 0.5) is 11.4 Å². The lowest BCUT2D eigenvalue weighted by molar-refractivity contribution is 0.600. The van der Waals surface area contributed by atoms with Gasteiger partial charge in [-0.2, -0.15) is 0 Å². The lowest BCUT2D eigenvalue weighted by Gasteiger charge is -2.16. The molecule has 0 aliphatic carbocycles. The quantitative estimate of drug-likeness (QED) is 0.340. The van der Waals surface area contributed by atoms with Gasteiger partial charge in [-0.3, -0.25) is 9.44 Å². The molecule has 3 aromatic carbocycles. The Bertz CT molecular complexity index is 1480. The van der Waals surface area contributed by atoms with Crippen LogP contribution < -0.4 is 9.44 Å². The fourth-order valence-corrected chi connectivity index (χ4v) is 6.65. The van der Waals surface area contributed by atoms with E-state index in [4.69, 9.17) is 23.2 Å². The van der Waals surface area contributed by atoms with Crippen molar-refractivity contribution in [2.24, 2.45) is 0 Å². The molecule has 6 nitrogen and oxygen atoms in total. The molecule has 160 valence electrons. The van der Waals surface area contributed by atoms with E-state index in [0.717, 1.165) is 16.7 Å². The van der Waals surface area contributed by atoms with Gasteiger partial charge in [-0.25, -0.2) is 16.8 Å². The smallest absolute Gasteiger partial charge is 0.271 e. The van der Waals surface area contributed by atoms with Gasteiger partial charge in [-0.05, 0) is 35.0 Å². The van der Waals surface area contributed by atoms with Crippen molar-refractivity contribution in [2.75, 3.05) is 9.44 Å². The Hall–Kier alpha value is -2.30. The summed E-state index contributed by atoms with van der Waals surface area (Å²) >= 11 is 13.2. The molecule has 1 heterocycles. The zero-order valence-corrected chi connectivity index (χ0v) is 19.5. The second kappa shape index (κ2) is 8.33. The summed E-state index contributed by atoms with van der Waals surface area (Å²) in [5, 5.41) is 3.03. The van der Waals surface area contributed by atoms with Crippen LogP contribution in [-0.4, -0.2) is 16.8 Å². The van der Waals surface area contributed by atoms with E-state index in [1.165, 1.54) is 24.3 Å². The van der Waals surface area contributed by atoms with E-state index < -0.39 is 20.0 Å². The minimum Gasteiger partial charge on any atom is -0.277 e. The van der Waals surface area contributed by atoms with Crippen LogP contribution >= 0.6 is 34.5 Å². The van der Waals surface area contributed by atoms with Crippen molar-refractivity contribution in [3.63, 3.8) is 0 Å². The van der Waals surface area contributed by atoms with Crippen LogP contribution in [0.5, 0.6) is 0 Å². The fraction of sp³-hybridized carbons (Fsp3) is 0. The monoisotopic (exact) mass is 512 g/mol. The summed E-state index contributed by atoms with van der Waals surface area (Å²) < 4.78 is 56.6. The molecule has 4 rings (SSSR count). The van der Waals surface area contributed by atoms with E-state index in [1.807, 2.05) is 6.07 Å². The van der Waals surface area contributed by atoms with Crippen LogP contribution in [0.15, 0.2) is 81.2 Å². The highest BCUT2D eigenvalue weighted by Gasteiger charge is 2.23. The summed E-state index contributed by atoms with van der Waals surface area (Å²) in [6, 6.07) is 17.5. The van der Waals surface area contributed by atoms with Gasteiger partial charge >= 0.3 is 0 Å². The molecule has 0 unspecified atom stereocenters. The maximum atomic E-state index is 13.2. The van der Waals surface area contributed by atoms with Gasteiger partial charge in [0.15, 0.2) is 0 Å². The van der Waals surface area contributed by atoms with Gasteiger partial charge in [-0.1, -0.05) is 65.7 Å². The van der Waals surface area contributed by atoms with Crippen molar-refractivity contribution in [3.05, 3.63) is 82.2 Å². The summed E-state index contributed by atoms with van der Waals surface area (Å²) in [6.07, 6.45) is 0. The minimum absolute atomic E-state index is 0.0451. The Kier molecular flexibility index (Phi) is 5.89. The number of hydrogen-bond acceptors (Lipinski definition) is 5. The van der Waals surface area contributed by atoms with E-state index in [1.54, 1.807) is 41.8 Å². The number of anilines is 2. The molecule has 0 atom stereocenters. The standard InChI is InChI=1S/C20H14Cl2N2O4S3/c21-15-11-17(18(12-16(15)22)24-31(27,28)20-9-4-10-29-20)23-30(25,26)19-8-3-6-13-5-1-2-7-14(13)19/h1-12,23-24H. The Morgan fingerprint density at radius 3 is 1.97 bits per heavy atom. The van der Waals surface area contributed by atoms with E-state index in [2.05, 4.69) is 9.44 Å². The Morgan fingerprint density at radius 1 is 0.710 bits per heavy atom. The molecule has 4 aromatic rings. The van der Waals surface area contributed by atoms with Crippen LogP contribution in [0.1, 0.15) is 0 Å². The molecule has 0 saturated heterocycles. The lowest BCUT2D eigenvalue weighted by atomic mass is 10.1. The first kappa shape index (κ1) is 21.9. The summed E-state index contributed by atoms with van der Waals surface area (Å²) in [6.45, 7) is 0. The highest BCUT2D eigenvalue weighted by atomic mass is 35.5. The van der Waals surface area contributed by atoms with Crippen LogP contribution in [0.3, 0.4) is 0 Å². The first-order valence-electron chi connectivity index (χ1n) is 8.73. The molecule has 0 aliphatic heterocycles. The summed E-state index contributed by atoms with van der Waals surface area (Å²) in [4.78, 5) is 0.0451. The zero-order chi connectivity index (χ0) is 22.2. The second-order valence-corrected chi connectivity index (χ2v) is 11.8. The van der Waals surface area contributed by atoms with E-state index in [-0.39, 0.29) is 30.5 Å². The van der Waals surface area contributed by atoms with E-state index in [0.29, 0.717) is 5.39 Å². The summed E-state index contributed by atoms with van der Waals surface area (Å²) in [5.74, 6) is 0. The number of halogens is 2. The number of thiophene rings is 1. The predicted octanol–water partition coefficient (Wildman–Crippen LogP) is 5.81. The van der Waals surface area contributed by atoms with Crippen molar-refractivity contribution in [1.82, 2.24) is 0 Å². The van der Waals surface area contributed by atoms with Crippen LogP contribution in [-0.2, 0) is 20.0 Å². The third-order valence-electron chi connectivity index (χ3n) is 4.35. The van der Waals surface area contributed by atoms with Crippen molar-refractivity contribution in [2.45, 2.75) is 9.10 Å². The van der Waals surface area contributed by atoms with Crippen LogP contribution in [0.2, 0.25) is 10.0 Å². The maximum Gasteiger partial charge on any atom is 0.271 e. The molecule has 2 N–H and O–H groups in total. The second-order valence-electron chi connectivity index (χ2n) is 6.43. The molecule has 1 aromatic heterocycles. The third-order valence-corrected chi connectivity index (χ3v) is 9.26. The number of nitrogens with one attached hydrogen (secondary N) is 2. The Balaban J connectivity index is 1.78. The summed E-state index contributed by atoms with van der Waals surface area (Å²) in [5.41, 5.74) is -0.103. The van der Waals surface area contributed by atoms with Gasteiger partial charge in [0.25, 0.3) is 20.0 Å². The van der Waals surface area contributed by atoms with Crippen LogP contribution in [0, 0.1) is 0 Å². The van der Waals surface area contributed by atoms with Gasteiger partial charge in [0.1, 0.15) is 4.21 Å². The lowest BCUT2D eigenvalue weighted by Crippen LogP contribution is -2.17. The molecule has 0 aliphatic rings. The molecule has 0 fully saturated rings. The predicted molar refractivity (Wildman–Crippen MR) is 126 cm³/mol. The average molecular weight is 513 g/mol. The first-order valence-corrected chi connectivity index (χ1v) is 13.3. The minimum atomic E-state index is -4.09. The Labute approximate surface area is 193 Å². The highest BCUT2D eigenvalue weighted by Crippen LogP contribution is 2.36. The van der Waals surface area contributed by atoms with Crippen LogP contribution in [0.25, 0.3) is 10.8 Å². The van der Waals surface area contributed by atoms with Crippen molar-refractivity contribution in [1.29, 1.82) is 0 Å². The average Bonchev–Trinajstić information content (AvgIpc) is 3.27. The number of benzene rings is 3. The van der Waals surface area contributed by atoms with Gasteiger partial charge in [0, 0.05) is 5.39 Å². The normalized spacial score (nSPS) is 12.1. The van der Waals surface area contributed by atoms with E-state index in [9.17, 15) is 16.8 Å². The van der Waals surface area contributed by atoms with Crippen molar-refractivity contribution < 1.29 is 16.8 Å². The van der Waals surface area contributed by atoms with E-state index >= 15 is 0 Å². The molecule has 0 spiro atoms. The third kappa shape index (κ3) is 4.51. The summed E-state index contributed by atoms with van der Waals surface area (Å²) in [7, 11) is -8.03. The van der Waals surface area contributed by atoms with Gasteiger partial charge in [0.2, 0.25) is 0 Å². The molecule has 0 bridgehead atoms. The Morgan fingerprint density at radius 2 is 1.32 bits per heavy atom. The molecular formula is C20H14Cl2N2O4S3. The molecule has 0 radical (unpaired) electrons. The van der Waals surface area contributed by atoms with Gasteiger partial charge < -0.3 is 0 Å². The molecule has 0 saturated carbocycles. The maximum absolute atomic E-state index is 13.2. The van der Waals surface area contributed by atoms with Gasteiger partial charge in [-0.15, -0.1) is 11.3 Å². The molecule has 31 heavy (non-hydrogen) atoms. The molecule has 11 heteroatoms. The van der Waals surface area contributed by atoms with Gasteiger partial charge in [0.05, 0.1) is 26.3 Å². The van der Waals surface area contributed by atoms with Crippen molar-refractivity contribution >= 4 is 76.7 Å². The highest BCUT2D eigenvalue weighted by molar-refractivity contribution is 7.94.